The Morgan fingerprint density at radius 2 is 1.88 bits per heavy atom. The number of benzene rings is 1. The van der Waals surface area contributed by atoms with Crippen LogP contribution in [0.3, 0.4) is 0 Å². The van der Waals surface area contributed by atoms with Gasteiger partial charge < -0.3 is 0 Å². The van der Waals surface area contributed by atoms with Crippen LogP contribution in [0.5, 0.6) is 0 Å². The second-order valence-electron chi connectivity index (χ2n) is 4.20. The minimum Gasteiger partial charge on any atom is -0.284 e. The molecule has 3 nitrogen and oxygen atoms in total. The summed E-state index contributed by atoms with van der Waals surface area (Å²) in [6, 6.07) is 5.88. The lowest BCUT2D eigenvalue weighted by atomic mass is 9.91. The average Bonchev–Trinajstić information content (AvgIpc) is 2.28. The van der Waals surface area contributed by atoms with Gasteiger partial charge in [0, 0.05) is 5.69 Å². The molecule has 0 atom stereocenters. The minimum absolute atomic E-state index is 0.115. The van der Waals surface area contributed by atoms with Gasteiger partial charge in [-0.25, -0.2) is 8.42 Å². The van der Waals surface area contributed by atoms with E-state index >= 15 is 0 Å². The van der Waals surface area contributed by atoms with Crippen molar-refractivity contribution in [1.29, 1.82) is 0 Å². The first-order valence-corrected chi connectivity index (χ1v) is 7.38. The lowest BCUT2D eigenvalue weighted by Crippen LogP contribution is -2.15. The molecule has 0 fully saturated rings. The van der Waals surface area contributed by atoms with Crippen molar-refractivity contribution in [3.8, 4) is 0 Å². The first-order valence-electron chi connectivity index (χ1n) is 5.73. The van der Waals surface area contributed by atoms with Gasteiger partial charge in [0.25, 0.3) is 0 Å². The molecular formula is C12H17NO2S. The molecule has 88 valence electrons. The van der Waals surface area contributed by atoms with E-state index < -0.39 is 10.0 Å². The molecule has 4 heteroatoms. The van der Waals surface area contributed by atoms with Crippen molar-refractivity contribution in [3.63, 3.8) is 0 Å². The zero-order chi connectivity index (χ0) is 11.6. The van der Waals surface area contributed by atoms with E-state index in [9.17, 15) is 8.42 Å². The highest BCUT2D eigenvalue weighted by molar-refractivity contribution is 7.92. The van der Waals surface area contributed by atoms with Crippen LogP contribution in [0.1, 0.15) is 30.9 Å². The minimum atomic E-state index is -3.15. The van der Waals surface area contributed by atoms with E-state index in [0.717, 1.165) is 12.8 Å². The van der Waals surface area contributed by atoms with Gasteiger partial charge in [-0.1, -0.05) is 6.07 Å². The normalized spacial score (nSPS) is 15.6. The maximum Gasteiger partial charge on any atom is 0.232 e. The van der Waals surface area contributed by atoms with Gasteiger partial charge in [0.2, 0.25) is 10.0 Å². The molecule has 0 radical (unpaired) electrons. The number of aryl methyl sites for hydroxylation is 2. The highest BCUT2D eigenvalue weighted by atomic mass is 32.2. The fourth-order valence-electron chi connectivity index (χ4n) is 2.05. The molecule has 1 N–H and O–H groups in total. The van der Waals surface area contributed by atoms with Gasteiger partial charge in [0.15, 0.2) is 0 Å². The molecule has 1 aromatic rings. The summed E-state index contributed by atoms with van der Waals surface area (Å²) in [7, 11) is -3.15. The van der Waals surface area contributed by atoms with E-state index in [2.05, 4.69) is 4.72 Å². The Morgan fingerprint density at radius 1 is 1.19 bits per heavy atom. The number of fused-ring (bicyclic) bond motifs is 1. The fourth-order valence-corrected chi connectivity index (χ4v) is 2.68. The second-order valence-corrected chi connectivity index (χ2v) is 6.21. The fraction of sp³-hybridized carbons (Fsp3) is 0.500. The third-order valence-electron chi connectivity index (χ3n) is 3.00. The number of sulfonamides is 1. The Bertz CT molecular complexity index is 480. The van der Waals surface area contributed by atoms with E-state index in [4.69, 9.17) is 0 Å². The van der Waals surface area contributed by atoms with Crippen molar-refractivity contribution in [3.05, 3.63) is 29.3 Å². The number of hydrogen-bond donors (Lipinski definition) is 1. The van der Waals surface area contributed by atoms with Crippen LogP contribution in [0.15, 0.2) is 18.2 Å². The number of hydrogen-bond acceptors (Lipinski definition) is 2. The Balaban J connectivity index is 2.24. The molecule has 0 unspecified atom stereocenters. The van der Waals surface area contributed by atoms with Crippen LogP contribution in [-0.2, 0) is 22.9 Å². The van der Waals surface area contributed by atoms with Gasteiger partial charge in [-0.3, -0.25) is 4.72 Å². The second kappa shape index (κ2) is 4.45. The van der Waals surface area contributed by atoms with Crippen molar-refractivity contribution in [1.82, 2.24) is 0 Å². The summed E-state index contributed by atoms with van der Waals surface area (Å²) in [6.45, 7) is 1.64. The number of nitrogens with one attached hydrogen (secondary N) is 1. The third kappa shape index (κ3) is 2.55. The van der Waals surface area contributed by atoms with Crippen LogP contribution in [0, 0.1) is 0 Å². The summed E-state index contributed by atoms with van der Waals surface area (Å²) >= 11 is 0. The van der Waals surface area contributed by atoms with Crippen LogP contribution in [-0.4, -0.2) is 14.2 Å². The Hall–Kier alpha value is -1.03. The number of rotatable bonds is 3. The molecule has 0 aromatic heterocycles. The standard InChI is InChI=1S/C12H17NO2S/c1-2-16(14,15)13-12-8-7-10-5-3-4-6-11(10)9-12/h7-9,13H,2-6H2,1H3. The van der Waals surface area contributed by atoms with Gasteiger partial charge in [0.05, 0.1) is 5.75 Å². The lowest BCUT2D eigenvalue weighted by Gasteiger charge is -2.17. The molecule has 16 heavy (non-hydrogen) atoms. The molecule has 0 amide bonds. The van der Waals surface area contributed by atoms with Gasteiger partial charge in [0.1, 0.15) is 0 Å². The highest BCUT2D eigenvalue weighted by Crippen LogP contribution is 2.24. The molecule has 1 aliphatic rings. The molecule has 0 heterocycles. The zero-order valence-electron chi connectivity index (χ0n) is 9.49. The summed E-state index contributed by atoms with van der Waals surface area (Å²) in [6.07, 6.45) is 4.64. The van der Waals surface area contributed by atoms with Crippen LogP contribution >= 0.6 is 0 Å². The average molecular weight is 239 g/mol. The lowest BCUT2D eigenvalue weighted by molar-refractivity contribution is 0.602. The van der Waals surface area contributed by atoms with Crippen molar-refractivity contribution in [2.45, 2.75) is 32.6 Å². The summed E-state index contributed by atoms with van der Waals surface area (Å²) in [5.41, 5.74) is 3.36. The summed E-state index contributed by atoms with van der Waals surface area (Å²) in [5.74, 6) is 0.115. The molecule has 0 aliphatic heterocycles. The maximum atomic E-state index is 11.4. The molecular weight excluding hydrogens is 222 g/mol. The van der Waals surface area contributed by atoms with E-state index in [1.165, 1.54) is 24.0 Å². The predicted molar refractivity (Wildman–Crippen MR) is 66.2 cm³/mol. The quantitative estimate of drug-likeness (QED) is 0.880. The molecule has 1 aromatic carbocycles. The molecule has 0 bridgehead atoms. The van der Waals surface area contributed by atoms with E-state index in [1.807, 2.05) is 18.2 Å². The predicted octanol–water partition coefficient (Wildman–Crippen LogP) is 2.33. The Kier molecular flexibility index (Phi) is 3.19. The van der Waals surface area contributed by atoms with Crippen molar-refractivity contribution >= 4 is 15.7 Å². The highest BCUT2D eigenvalue weighted by Gasteiger charge is 2.11. The molecule has 0 saturated heterocycles. The summed E-state index contributed by atoms with van der Waals surface area (Å²) in [4.78, 5) is 0. The van der Waals surface area contributed by atoms with Gasteiger partial charge >= 0.3 is 0 Å². The Labute approximate surface area is 96.9 Å². The number of anilines is 1. The van der Waals surface area contributed by atoms with Gasteiger partial charge in [-0.05, 0) is 55.9 Å². The van der Waals surface area contributed by atoms with Crippen LogP contribution in [0.25, 0.3) is 0 Å². The SMILES string of the molecule is CCS(=O)(=O)Nc1ccc2c(c1)CCCC2. The topological polar surface area (TPSA) is 46.2 Å². The Morgan fingerprint density at radius 3 is 2.56 bits per heavy atom. The molecule has 1 aliphatic carbocycles. The van der Waals surface area contributed by atoms with E-state index in [0.29, 0.717) is 5.69 Å². The van der Waals surface area contributed by atoms with Crippen molar-refractivity contribution in [2.24, 2.45) is 0 Å². The van der Waals surface area contributed by atoms with E-state index in [-0.39, 0.29) is 5.75 Å². The van der Waals surface area contributed by atoms with E-state index in [1.54, 1.807) is 6.92 Å². The van der Waals surface area contributed by atoms with Crippen molar-refractivity contribution in [2.75, 3.05) is 10.5 Å². The monoisotopic (exact) mass is 239 g/mol. The molecule has 0 spiro atoms. The summed E-state index contributed by atoms with van der Waals surface area (Å²) < 4.78 is 25.4. The first kappa shape index (κ1) is 11.5. The zero-order valence-corrected chi connectivity index (χ0v) is 10.3. The molecule has 2 rings (SSSR count). The largest absolute Gasteiger partial charge is 0.284 e. The smallest absolute Gasteiger partial charge is 0.232 e. The van der Waals surface area contributed by atoms with Gasteiger partial charge in [-0.2, -0.15) is 0 Å². The maximum absolute atomic E-state index is 11.4. The van der Waals surface area contributed by atoms with Crippen LogP contribution < -0.4 is 4.72 Å². The van der Waals surface area contributed by atoms with Crippen molar-refractivity contribution < 1.29 is 8.42 Å². The summed E-state index contributed by atoms with van der Waals surface area (Å²) in [5, 5.41) is 0. The molecule has 0 saturated carbocycles. The van der Waals surface area contributed by atoms with Gasteiger partial charge in [-0.15, -0.1) is 0 Å². The van der Waals surface area contributed by atoms with Crippen LogP contribution in [0.4, 0.5) is 5.69 Å². The van der Waals surface area contributed by atoms with Crippen LogP contribution in [0.2, 0.25) is 0 Å². The third-order valence-corrected chi connectivity index (χ3v) is 4.31. The first-order chi connectivity index (χ1) is 7.61.